The fourth-order valence-corrected chi connectivity index (χ4v) is 6.25. The average molecular weight is 743 g/mol. The summed E-state index contributed by atoms with van der Waals surface area (Å²) in [5.74, 6) is -3.65. The van der Waals surface area contributed by atoms with Crippen LogP contribution in [0.5, 0.6) is 0 Å². The molecule has 0 aromatic carbocycles. The lowest BCUT2D eigenvalue weighted by atomic mass is 9.89. The number of ether oxygens (including phenoxy) is 6. The number of nitrogens with zero attached hydrogens (tertiary/aromatic N) is 3. The molecule has 6 atom stereocenters. The first-order chi connectivity index (χ1) is 24.7. The molecule has 2 heterocycles. The van der Waals surface area contributed by atoms with Crippen molar-refractivity contribution in [3.05, 3.63) is 70.5 Å². The lowest BCUT2D eigenvalue weighted by Crippen LogP contribution is -2.43. The minimum Gasteiger partial charge on any atom is -0.489 e. The van der Waals surface area contributed by atoms with Crippen LogP contribution in [0, 0.1) is 25.1 Å². The van der Waals surface area contributed by atoms with Crippen molar-refractivity contribution in [2.75, 3.05) is 41.7 Å². The second kappa shape index (κ2) is 16.6. The van der Waals surface area contributed by atoms with E-state index in [0.717, 1.165) is 0 Å². The van der Waals surface area contributed by atoms with Crippen molar-refractivity contribution < 1.29 is 82.2 Å². The van der Waals surface area contributed by atoms with Gasteiger partial charge in [-0.25, -0.2) is 0 Å². The maximum absolute atomic E-state index is 13.1. The third-order valence-electron chi connectivity index (χ3n) is 8.82. The highest BCUT2D eigenvalue weighted by Crippen LogP contribution is 2.34. The summed E-state index contributed by atoms with van der Waals surface area (Å²) in [5.41, 5.74) is 0.209. The first kappa shape index (κ1) is 39.2. The normalized spacial score (nSPS) is 26.5. The Labute approximate surface area is 293 Å². The summed E-state index contributed by atoms with van der Waals surface area (Å²) < 4.78 is 31.4. The Hall–Kier alpha value is -5.64. The minimum atomic E-state index is -1.53. The van der Waals surface area contributed by atoms with Crippen molar-refractivity contribution in [2.45, 2.75) is 76.2 Å². The first-order valence-corrected chi connectivity index (χ1v) is 15.6. The molecule has 6 unspecified atom stereocenters. The standard InChI is InChI=1S/C30H36N3O19/c1-13-15(23(36)29(45-5)27(43-3)21(13)34)7-9-17-25(19(11-47-17)49-31(38)39)51-33(42)52-26-18(48-12-20(26)50-32(40)41)10-8-16-14(2)22(35)28(44-4)30(46-6)24(16)37/h17-20,25-26H,7-12H2,1-6H3/q+1. The molecule has 2 saturated heterocycles. The molecule has 2 aliphatic carbocycles. The zero-order valence-electron chi connectivity index (χ0n) is 28.8. The van der Waals surface area contributed by atoms with Crippen LogP contribution in [-0.2, 0) is 66.9 Å². The number of hydrogen-bond acceptors (Lipinski definition) is 19. The summed E-state index contributed by atoms with van der Waals surface area (Å²) in [4.78, 5) is 107. The van der Waals surface area contributed by atoms with E-state index in [1.807, 2.05) is 0 Å². The Balaban J connectivity index is 1.50. The zero-order valence-corrected chi connectivity index (χ0v) is 28.8. The highest BCUT2D eigenvalue weighted by Gasteiger charge is 2.51. The highest BCUT2D eigenvalue weighted by molar-refractivity contribution is 6.24. The maximum atomic E-state index is 13.1. The van der Waals surface area contributed by atoms with Gasteiger partial charge in [-0.1, -0.05) is 0 Å². The Morgan fingerprint density at radius 2 is 0.904 bits per heavy atom. The monoisotopic (exact) mass is 742 g/mol. The van der Waals surface area contributed by atoms with Crippen LogP contribution in [0.15, 0.2) is 45.3 Å². The van der Waals surface area contributed by atoms with Gasteiger partial charge in [0.25, 0.3) is 10.2 Å². The van der Waals surface area contributed by atoms with Gasteiger partial charge in [0.15, 0.2) is 12.2 Å². The average Bonchev–Trinajstić information content (AvgIpc) is 3.65. The van der Waals surface area contributed by atoms with Gasteiger partial charge in [0, 0.05) is 22.3 Å². The van der Waals surface area contributed by atoms with Crippen LogP contribution in [0.3, 0.4) is 0 Å². The van der Waals surface area contributed by atoms with Crippen LogP contribution in [0.1, 0.15) is 39.5 Å². The fraction of sp³-hybridized carbons (Fsp3) is 0.600. The molecule has 0 amide bonds. The Kier molecular flexibility index (Phi) is 12.5. The Morgan fingerprint density at radius 3 is 1.21 bits per heavy atom. The molecule has 284 valence electrons. The largest absolute Gasteiger partial charge is 0.489 e. The second-order valence-electron chi connectivity index (χ2n) is 11.6. The van der Waals surface area contributed by atoms with Gasteiger partial charge in [-0.15, -0.1) is 20.2 Å². The number of allylic oxidation sites excluding steroid dienone is 4. The number of rotatable bonds is 18. The molecule has 0 aromatic rings. The van der Waals surface area contributed by atoms with E-state index in [0.29, 0.717) is 0 Å². The van der Waals surface area contributed by atoms with Gasteiger partial charge in [-0.05, 0) is 39.5 Å². The predicted octanol–water partition coefficient (Wildman–Crippen LogP) is 0.823. The summed E-state index contributed by atoms with van der Waals surface area (Å²) in [6, 6.07) is 0. The Bertz CT molecular complexity index is 1540. The lowest BCUT2D eigenvalue weighted by molar-refractivity contribution is -0.997. The molecule has 0 N–H and O–H groups in total. The summed E-state index contributed by atoms with van der Waals surface area (Å²) in [7, 11) is 4.78. The van der Waals surface area contributed by atoms with E-state index in [-0.39, 0.29) is 71.0 Å². The van der Waals surface area contributed by atoms with Gasteiger partial charge < -0.3 is 38.1 Å². The number of ketones is 4. The number of hydrogen-bond donors (Lipinski definition) is 0. The van der Waals surface area contributed by atoms with E-state index < -0.39 is 88.2 Å². The van der Waals surface area contributed by atoms with Gasteiger partial charge in [0.1, 0.15) is 17.1 Å². The number of carbonyl (C=O) groups is 4. The van der Waals surface area contributed by atoms with E-state index in [9.17, 15) is 44.3 Å². The molecular formula is C30H36N3O19+. The van der Waals surface area contributed by atoms with Crippen LogP contribution >= 0.6 is 0 Å². The summed E-state index contributed by atoms with van der Waals surface area (Å²) in [6.45, 7) is 1.95. The molecule has 2 aliphatic heterocycles. The molecule has 2 fully saturated rings. The van der Waals surface area contributed by atoms with Gasteiger partial charge in [0.05, 0.1) is 41.7 Å². The van der Waals surface area contributed by atoms with Crippen molar-refractivity contribution in [1.82, 2.24) is 0 Å². The van der Waals surface area contributed by atoms with Crippen LogP contribution < -0.4 is 0 Å². The van der Waals surface area contributed by atoms with Crippen molar-refractivity contribution in [1.29, 1.82) is 0 Å². The summed E-state index contributed by atoms with van der Waals surface area (Å²) >= 11 is 0. The van der Waals surface area contributed by atoms with Gasteiger partial charge in [-0.2, -0.15) is 9.68 Å². The zero-order chi connectivity index (χ0) is 38.4. The third kappa shape index (κ3) is 7.96. The van der Waals surface area contributed by atoms with Gasteiger partial charge >= 0.3 is 5.09 Å². The van der Waals surface area contributed by atoms with Crippen LogP contribution in [0.4, 0.5) is 0 Å². The van der Waals surface area contributed by atoms with Crippen molar-refractivity contribution in [3.8, 4) is 0 Å². The van der Waals surface area contributed by atoms with Crippen LogP contribution in [0.2, 0.25) is 0 Å². The summed E-state index contributed by atoms with van der Waals surface area (Å²) in [5, 5.41) is 19.7. The van der Waals surface area contributed by atoms with E-state index in [2.05, 4.69) is 9.68 Å². The SMILES string of the molecule is COC1=C(OC)C(=O)C(CCC2OCC(O[N+](=O)[O-])C2O[N+](=O)OC2C(CCC3=C(C)C(=O)C(OC)=C(OC)C3=O)OCC2O[N+](=O)[O-])=C(C)C1=O. The molecule has 22 heteroatoms. The van der Waals surface area contributed by atoms with Crippen LogP contribution in [-0.4, -0.2) is 117 Å². The molecule has 0 bridgehead atoms. The Morgan fingerprint density at radius 1 is 0.577 bits per heavy atom. The van der Waals surface area contributed by atoms with Gasteiger partial charge in [-0.3, -0.25) is 19.2 Å². The first-order valence-electron chi connectivity index (χ1n) is 15.6. The highest BCUT2D eigenvalue weighted by atomic mass is 17.0. The molecule has 52 heavy (non-hydrogen) atoms. The quantitative estimate of drug-likeness (QED) is 0.107. The molecule has 4 aliphatic rings. The molecule has 0 radical (unpaired) electrons. The van der Waals surface area contributed by atoms with E-state index in [4.69, 9.17) is 38.1 Å². The number of Topliss-reactive ketones (excluding diaryl/α,β-unsaturated/α-hetero) is 4. The molecule has 0 aromatic heterocycles. The van der Waals surface area contributed by atoms with E-state index in [1.165, 1.54) is 42.3 Å². The van der Waals surface area contributed by atoms with Crippen molar-refractivity contribution in [3.63, 3.8) is 0 Å². The van der Waals surface area contributed by atoms with E-state index in [1.54, 1.807) is 0 Å². The molecule has 0 saturated carbocycles. The van der Waals surface area contributed by atoms with E-state index >= 15 is 0 Å². The van der Waals surface area contributed by atoms with Crippen LogP contribution in [0.25, 0.3) is 0 Å². The number of carbonyl (C=O) groups excluding carboxylic acids is 4. The maximum Gasteiger partial charge on any atom is 0.478 e. The van der Waals surface area contributed by atoms with Crippen molar-refractivity contribution in [2.24, 2.45) is 0 Å². The number of methoxy groups -OCH3 is 4. The fourth-order valence-electron chi connectivity index (χ4n) is 6.25. The smallest absolute Gasteiger partial charge is 0.478 e. The summed E-state index contributed by atoms with van der Waals surface area (Å²) in [6.07, 6.45) is -8.79. The third-order valence-corrected chi connectivity index (χ3v) is 8.82. The molecule has 4 rings (SSSR count). The molecule has 0 spiro atoms. The molecule has 22 nitrogen and oxygen atoms in total. The predicted molar refractivity (Wildman–Crippen MR) is 163 cm³/mol. The topological polar surface area (TPSA) is 267 Å². The minimum absolute atomic E-state index is 0.0413. The van der Waals surface area contributed by atoms with Crippen molar-refractivity contribution >= 4 is 23.1 Å². The molecular weight excluding hydrogens is 706 g/mol. The van der Waals surface area contributed by atoms with Gasteiger partial charge in [0.2, 0.25) is 58.4 Å². The lowest BCUT2D eigenvalue weighted by Gasteiger charge is -2.22. The second-order valence-corrected chi connectivity index (χ2v) is 11.6.